The zero-order chi connectivity index (χ0) is 36.7. The fraction of sp³-hybridized carbons (Fsp3) is 0.967. The molecule has 0 bridgehead atoms. The highest BCUT2D eigenvalue weighted by Gasteiger charge is 2.54. The summed E-state index contributed by atoms with van der Waals surface area (Å²) in [5.74, 6) is -0.545. The van der Waals surface area contributed by atoms with Crippen molar-refractivity contribution in [3.8, 4) is 0 Å². The smallest absolute Gasteiger partial charge is 0.223 e. The predicted molar refractivity (Wildman–Crippen MR) is 160 cm³/mol. The Labute approximate surface area is 283 Å². The molecule has 19 nitrogen and oxygen atoms in total. The molecule has 0 aromatic heterocycles. The summed E-state index contributed by atoms with van der Waals surface area (Å²) in [4.78, 5) is 12.5. The largest absolute Gasteiger partial charge is 0.390 e. The average Bonchev–Trinajstić information content (AvgIpc) is 3.00. The van der Waals surface area contributed by atoms with Gasteiger partial charge in [-0.3, -0.25) is 4.79 Å². The van der Waals surface area contributed by atoms with Crippen LogP contribution in [-0.4, -0.2) is 187 Å². The van der Waals surface area contributed by atoms with Crippen molar-refractivity contribution in [2.45, 2.75) is 176 Å². The molecule has 4 heterocycles. The third-order valence-corrected chi connectivity index (χ3v) is 9.26. The highest BCUT2D eigenvalue weighted by Crippen LogP contribution is 2.34. The van der Waals surface area contributed by atoms with E-state index in [0.29, 0.717) is 0 Å². The lowest BCUT2D eigenvalue weighted by atomic mass is 9.94. The van der Waals surface area contributed by atoms with E-state index < -0.39 is 134 Å². The molecule has 19 heteroatoms. The Morgan fingerprint density at radius 1 is 0.592 bits per heavy atom. The van der Waals surface area contributed by atoms with Crippen molar-refractivity contribution in [2.75, 3.05) is 7.11 Å². The molecule has 0 aromatic rings. The van der Waals surface area contributed by atoms with Crippen LogP contribution in [0.25, 0.3) is 0 Å². The van der Waals surface area contributed by atoms with Gasteiger partial charge in [-0.25, -0.2) is 0 Å². The van der Waals surface area contributed by atoms with Crippen LogP contribution in [0.1, 0.15) is 48.0 Å². The molecule has 286 valence electrons. The van der Waals surface area contributed by atoms with Gasteiger partial charge in [0.1, 0.15) is 67.1 Å². The van der Waals surface area contributed by atoms with E-state index in [-0.39, 0.29) is 6.42 Å². The van der Waals surface area contributed by atoms with E-state index in [9.17, 15) is 50.8 Å². The van der Waals surface area contributed by atoms with Crippen molar-refractivity contribution < 1.29 is 88.6 Å². The van der Waals surface area contributed by atoms with Crippen LogP contribution in [0.2, 0.25) is 0 Å². The van der Waals surface area contributed by atoms with Crippen molar-refractivity contribution in [2.24, 2.45) is 0 Å². The normalized spacial score (nSPS) is 49.8. The number of carbonyl (C=O) groups excluding carboxylic acids is 1. The Bertz CT molecular complexity index is 1080. The summed E-state index contributed by atoms with van der Waals surface area (Å²) in [7, 11) is 1.26. The first-order chi connectivity index (χ1) is 22.7. The van der Waals surface area contributed by atoms with Gasteiger partial charge in [-0.05, 0) is 41.5 Å². The van der Waals surface area contributed by atoms with Gasteiger partial charge in [0.25, 0.3) is 0 Å². The van der Waals surface area contributed by atoms with Gasteiger partial charge in [0.2, 0.25) is 5.91 Å². The van der Waals surface area contributed by atoms with Crippen LogP contribution in [0.5, 0.6) is 0 Å². The number of rotatable bonds is 10. The molecule has 4 fully saturated rings. The van der Waals surface area contributed by atoms with Crippen LogP contribution in [0.15, 0.2) is 0 Å². The Hall–Kier alpha value is -1.21. The first-order valence-corrected chi connectivity index (χ1v) is 16.3. The van der Waals surface area contributed by atoms with Crippen molar-refractivity contribution >= 4 is 5.91 Å². The maximum absolute atomic E-state index is 12.5. The molecule has 0 aromatic carbocycles. The molecule has 4 aliphatic heterocycles. The number of nitrogens with one attached hydrogen (secondary N) is 1. The van der Waals surface area contributed by atoms with Crippen molar-refractivity contribution in [1.29, 1.82) is 0 Å². The second-order valence-corrected chi connectivity index (χ2v) is 13.9. The van der Waals surface area contributed by atoms with Crippen LogP contribution >= 0.6 is 0 Å². The van der Waals surface area contributed by atoms with E-state index in [1.54, 1.807) is 6.92 Å². The lowest BCUT2D eigenvalue weighted by Crippen LogP contribution is -2.67. The minimum Gasteiger partial charge on any atom is -0.390 e. The summed E-state index contributed by atoms with van der Waals surface area (Å²) < 4.78 is 45.2. The van der Waals surface area contributed by atoms with Gasteiger partial charge in [-0.15, -0.1) is 0 Å². The van der Waals surface area contributed by atoms with Crippen LogP contribution < -0.4 is 5.32 Å². The molecule has 0 aliphatic carbocycles. The molecule has 4 saturated heterocycles. The van der Waals surface area contributed by atoms with Gasteiger partial charge >= 0.3 is 0 Å². The van der Waals surface area contributed by atoms with Crippen molar-refractivity contribution in [3.05, 3.63) is 0 Å². The topological polar surface area (TPSA) is 285 Å². The van der Waals surface area contributed by atoms with Gasteiger partial charge in [0, 0.05) is 7.11 Å². The van der Waals surface area contributed by atoms with E-state index in [2.05, 4.69) is 5.32 Å². The van der Waals surface area contributed by atoms with E-state index >= 15 is 0 Å². The zero-order valence-electron chi connectivity index (χ0n) is 28.5. The average molecular weight is 716 g/mol. The molecule has 4 aliphatic rings. The Kier molecular flexibility index (Phi) is 13.4. The molecular weight excluding hydrogens is 662 g/mol. The summed E-state index contributed by atoms with van der Waals surface area (Å²) in [6.07, 6.45) is -27.4. The second kappa shape index (κ2) is 16.2. The van der Waals surface area contributed by atoms with Crippen molar-refractivity contribution in [3.63, 3.8) is 0 Å². The molecule has 1 unspecified atom stereocenters. The van der Waals surface area contributed by atoms with Gasteiger partial charge < -0.3 is 89.2 Å². The number of aliphatic hydroxyl groups is 9. The lowest BCUT2D eigenvalue weighted by Gasteiger charge is -2.49. The maximum atomic E-state index is 12.5. The van der Waals surface area contributed by atoms with Gasteiger partial charge in [0.15, 0.2) is 25.2 Å². The Balaban J connectivity index is 1.46. The second-order valence-electron chi connectivity index (χ2n) is 13.9. The number of methoxy groups -OCH3 is 1. The summed E-state index contributed by atoms with van der Waals surface area (Å²) in [5, 5.41) is 99.0. The molecule has 1 amide bonds. The molecule has 0 saturated carbocycles. The van der Waals surface area contributed by atoms with E-state index in [1.165, 1.54) is 41.7 Å². The van der Waals surface area contributed by atoms with Crippen LogP contribution in [0.4, 0.5) is 0 Å². The SMILES string of the molecule is CO[C@H]1[C@@H](O[C@@H]2[C@@H](O)[C@H](C)O[C@H](O[C@@H]3[C@@H](O)[C@H](C)O[C@H](O[C@H]4C(O)O[C@@H](C)[C@H](O)[C@H]4O)[C@@H]3O)[C@@H]2O)O[C@H](C)[C@@H](NC(=O)CC(C)(C)O)[C@@H]1O. The van der Waals surface area contributed by atoms with Gasteiger partial charge in [-0.1, -0.05) is 0 Å². The number of ether oxygens (including phenoxy) is 8. The quantitative estimate of drug-likeness (QED) is 0.102. The first-order valence-electron chi connectivity index (χ1n) is 16.3. The Morgan fingerprint density at radius 3 is 1.53 bits per heavy atom. The highest BCUT2D eigenvalue weighted by atomic mass is 16.8. The maximum Gasteiger partial charge on any atom is 0.223 e. The summed E-state index contributed by atoms with van der Waals surface area (Å²) in [5.41, 5.74) is -1.30. The molecule has 10 N–H and O–H groups in total. The molecule has 20 atom stereocenters. The summed E-state index contributed by atoms with van der Waals surface area (Å²) in [6, 6.07) is -0.970. The number of carbonyl (C=O) groups is 1. The standard InChI is InChI=1S/C30H53NO18/c1-9-14(31-13(32)8-30(5,6)41)18(36)25(42-7)29(44-9)48-23-17(35)12(4)45-27(21(23)39)47-22-16(34)11(3)46-28(20(22)38)49-24-19(37)15(33)10(2)43-26(24)40/h9-12,14-29,33-41H,8H2,1-7H3,(H,31,32)/t9-,10+,11+,12+,14-,15+,16+,17+,18+,19-,20-,21-,22-,23-,24-,25-,26?,27-,28-,29-/m1/s1. The third kappa shape index (κ3) is 9.06. The molecule has 49 heavy (non-hydrogen) atoms. The monoisotopic (exact) mass is 715 g/mol. The molecular formula is C30H53NO18. The van der Waals surface area contributed by atoms with Crippen molar-refractivity contribution in [1.82, 2.24) is 5.32 Å². The van der Waals surface area contributed by atoms with E-state index in [0.717, 1.165) is 0 Å². The van der Waals surface area contributed by atoms with Crippen LogP contribution in [-0.2, 0) is 42.7 Å². The van der Waals surface area contributed by atoms with Gasteiger partial charge in [0.05, 0.1) is 42.5 Å². The highest BCUT2D eigenvalue weighted by molar-refractivity contribution is 5.77. The minimum atomic E-state index is -1.81. The fourth-order valence-corrected chi connectivity index (χ4v) is 6.38. The van der Waals surface area contributed by atoms with E-state index in [1.807, 2.05) is 0 Å². The number of aliphatic hydroxyl groups excluding tert-OH is 8. The number of hydrogen-bond donors (Lipinski definition) is 10. The predicted octanol–water partition coefficient (Wildman–Crippen LogP) is -4.70. The lowest BCUT2D eigenvalue weighted by molar-refractivity contribution is -0.385. The molecule has 0 spiro atoms. The molecule has 4 rings (SSSR count). The zero-order valence-corrected chi connectivity index (χ0v) is 28.5. The van der Waals surface area contributed by atoms with Crippen LogP contribution in [0, 0.1) is 0 Å². The minimum absolute atomic E-state index is 0.246. The van der Waals surface area contributed by atoms with Crippen LogP contribution in [0.3, 0.4) is 0 Å². The summed E-state index contributed by atoms with van der Waals surface area (Å²) >= 11 is 0. The first kappa shape index (κ1) is 40.6. The van der Waals surface area contributed by atoms with Gasteiger partial charge in [-0.2, -0.15) is 0 Å². The van der Waals surface area contributed by atoms with E-state index in [4.69, 9.17) is 37.9 Å². The fourth-order valence-electron chi connectivity index (χ4n) is 6.38. The molecule has 0 radical (unpaired) electrons. The number of amides is 1. The third-order valence-electron chi connectivity index (χ3n) is 9.26. The summed E-state index contributed by atoms with van der Waals surface area (Å²) in [6.45, 7) is 8.79. The number of hydrogen-bond acceptors (Lipinski definition) is 18. The Morgan fingerprint density at radius 2 is 1.04 bits per heavy atom.